The Morgan fingerprint density at radius 2 is 1.94 bits per heavy atom. The first-order valence-electron chi connectivity index (χ1n) is 5.48. The molecule has 0 bridgehead atoms. The Bertz CT molecular complexity index is 674. The molecule has 0 amide bonds. The first-order chi connectivity index (χ1) is 8.38. The highest BCUT2D eigenvalue weighted by Gasteiger charge is 2.20. The Balaban J connectivity index is 2.36. The van der Waals surface area contributed by atoms with E-state index in [4.69, 9.17) is 4.52 Å². The fraction of sp³-hybridized carbons (Fsp3) is 0.333. The van der Waals surface area contributed by atoms with E-state index >= 15 is 0 Å². The van der Waals surface area contributed by atoms with Crippen LogP contribution >= 0.6 is 0 Å². The Morgan fingerprint density at radius 1 is 1.22 bits per heavy atom. The van der Waals surface area contributed by atoms with E-state index in [1.807, 2.05) is 13.0 Å². The van der Waals surface area contributed by atoms with E-state index in [9.17, 15) is 8.42 Å². The van der Waals surface area contributed by atoms with Crippen LogP contribution in [0.2, 0.25) is 0 Å². The highest BCUT2D eigenvalue weighted by atomic mass is 32.2. The molecule has 0 saturated heterocycles. The third kappa shape index (κ3) is 2.59. The Hall–Kier alpha value is -1.69. The van der Waals surface area contributed by atoms with Crippen LogP contribution in [-0.4, -0.2) is 18.6 Å². The minimum atomic E-state index is -3.43. The van der Waals surface area contributed by atoms with Gasteiger partial charge < -0.3 is 4.52 Å². The number of rotatable bonds is 3. The molecule has 2 rings (SSSR count). The summed E-state index contributed by atoms with van der Waals surface area (Å²) >= 11 is 0. The molecule has 6 heteroatoms. The number of hydrogen-bond donors (Lipinski definition) is 0. The van der Waals surface area contributed by atoms with Crippen LogP contribution in [0, 0.1) is 20.8 Å². The van der Waals surface area contributed by atoms with Crippen molar-refractivity contribution in [2.24, 2.45) is 0 Å². The zero-order valence-corrected chi connectivity index (χ0v) is 11.3. The second kappa shape index (κ2) is 4.53. The lowest BCUT2D eigenvalue weighted by Gasteiger charge is -2.06. The van der Waals surface area contributed by atoms with E-state index in [0.29, 0.717) is 10.8 Å². The van der Waals surface area contributed by atoms with E-state index in [1.54, 1.807) is 26.0 Å². The Morgan fingerprint density at radius 3 is 2.50 bits per heavy atom. The molecule has 0 spiro atoms. The molecule has 0 saturated carbocycles. The maximum atomic E-state index is 12.2. The maximum Gasteiger partial charge on any atom is 0.223 e. The molecule has 18 heavy (non-hydrogen) atoms. The lowest BCUT2D eigenvalue weighted by atomic mass is 10.2. The zero-order valence-electron chi connectivity index (χ0n) is 10.5. The van der Waals surface area contributed by atoms with Crippen LogP contribution in [0.1, 0.15) is 22.8 Å². The standard InChI is InChI=1S/C12H14N2O3S/c1-8-4-5-11(9(2)6-8)18(15,16)7-12-13-10(3)17-14-12/h4-6H,7H2,1-3H3. The van der Waals surface area contributed by atoms with E-state index in [1.165, 1.54) is 0 Å². The zero-order chi connectivity index (χ0) is 13.3. The van der Waals surface area contributed by atoms with Crippen LogP contribution < -0.4 is 0 Å². The second-order valence-electron chi connectivity index (χ2n) is 4.26. The van der Waals surface area contributed by atoms with Crippen molar-refractivity contribution < 1.29 is 12.9 Å². The van der Waals surface area contributed by atoms with Crippen LogP contribution in [0.5, 0.6) is 0 Å². The lowest BCUT2D eigenvalue weighted by molar-refractivity contribution is 0.388. The molecule has 0 atom stereocenters. The third-order valence-electron chi connectivity index (χ3n) is 2.55. The summed E-state index contributed by atoms with van der Waals surface area (Å²) in [5.74, 6) is 0.308. The summed E-state index contributed by atoms with van der Waals surface area (Å²) in [6, 6.07) is 5.24. The number of nitrogens with zero attached hydrogens (tertiary/aromatic N) is 2. The van der Waals surface area contributed by atoms with Gasteiger partial charge in [-0.25, -0.2) is 8.42 Å². The normalized spacial score (nSPS) is 11.7. The Labute approximate surface area is 106 Å². The summed E-state index contributed by atoms with van der Waals surface area (Å²) in [7, 11) is -3.43. The summed E-state index contributed by atoms with van der Waals surface area (Å²) in [4.78, 5) is 4.23. The average Bonchev–Trinajstić information content (AvgIpc) is 2.62. The highest BCUT2D eigenvalue weighted by molar-refractivity contribution is 7.90. The summed E-state index contributed by atoms with van der Waals surface area (Å²) < 4.78 is 29.2. The van der Waals surface area contributed by atoms with Gasteiger partial charge >= 0.3 is 0 Å². The fourth-order valence-electron chi connectivity index (χ4n) is 1.80. The quantitative estimate of drug-likeness (QED) is 0.849. The molecule has 2 aromatic rings. The SMILES string of the molecule is Cc1ccc(S(=O)(=O)Cc2noc(C)n2)c(C)c1. The Kier molecular flexibility index (Phi) is 3.21. The van der Waals surface area contributed by atoms with Crippen molar-refractivity contribution in [3.05, 3.63) is 41.0 Å². The molecule has 96 valence electrons. The average molecular weight is 266 g/mol. The number of aryl methyl sites for hydroxylation is 3. The predicted octanol–water partition coefficient (Wildman–Crippen LogP) is 1.97. The van der Waals surface area contributed by atoms with Gasteiger partial charge in [-0.05, 0) is 25.5 Å². The second-order valence-corrected chi connectivity index (χ2v) is 6.22. The number of hydrogen-bond acceptors (Lipinski definition) is 5. The molecule has 1 heterocycles. The van der Waals surface area contributed by atoms with Crippen molar-refractivity contribution in [2.45, 2.75) is 31.4 Å². The molecule has 0 aliphatic rings. The predicted molar refractivity (Wildman–Crippen MR) is 65.8 cm³/mol. The summed E-state index contributed by atoms with van der Waals surface area (Å²) in [5, 5.41) is 3.61. The van der Waals surface area contributed by atoms with Crippen LogP contribution in [0.4, 0.5) is 0 Å². The largest absolute Gasteiger partial charge is 0.340 e. The molecular weight excluding hydrogens is 252 g/mol. The molecule has 1 aromatic heterocycles. The van der Waals surface area contributed by atoms with Crippen LogP contribution in [-0.2, 0) is 15.6 Å². The van der Waals surface area contributed by atoms with Gasteiger partial charge in [0.25, 0.3) is 0 Å². The van der Waals surface area contributed by atoms with Crippen LogP contribution in [0.3, 0.4) is 0 Å². The van der Waals surface area contributed by atoms with E-state index in [2.05, 4.69) is 10.1 Å². The molecule has 0 unspecified atom stereocenters. The van der Waals surface area contributed by atoms with Crippen LogP contribution in [0.15, 0.2) is 27.6 Å². The molecule has 0 N–H and O–H groups in total. The molecule has 0 radical (unpaired) electrons. The number of benzene rings is 1. The summed E-state index contributed by atoms with van der Waals surface area (Å²) in [5.41, 5.74) is 1.76. The van der Waals surface area contributed by atoms with Gasteiger partial charge in [-0.15, -0.1) is 0 Å². The number of sulfone groups is 1. The van der Waals surface area contributed by atoms with E-state index in [-0.39, 0.29) is 11.6 Å². The smallest absolute Gasteiger partial charge is 0.223 e. The monoisotopic (exact) mass is 266 g/mol. The van der Waals surface area contributed by atoms with Gasteiger partial charge in [0, 0.05) is 6.92 Å². The summed E-state index contributed by atoms with van der Waals surface area (Å²) in [6.45, 7) is 5.33. The molecular formula is C12H14N2O3S. The van der Waals surface area contributed by atoms with Gasteiger partial charge in [0.05, 0.1) is 4.90 Å². The fourth-order valence-corrected chi connectivity index (χ4v) is 3.23. The van der Waals surface area contributed by atoms with Gasteiger partial charge in [-0.2, -0.15) is 4.98 Å². The van der Waals surface area contributed by atoms with Crippen molar-refractivity contribution in [1.82, 2.24) is 10.1 Å². The van der Waals surface area contributed by atoms with Crippen molar-refractivity contribution >= 4 is 9.84 Å². The van der Waals surface area contributed by atoms with E-state index in [0.717, 1.165) is 11.1 Å². The van der Waals surface area contributed by atoms with Gasteiger partial charge in [0.2, 0.25) is 5.89 Å². The molecule has 0 aliphatic heterocycles. The topological polar surface area (TPSA) is 73.1 Å². The molecule has 5 nitrogen and oxygen atoms in total. The maximum absolute atomic E-state index is 12.2. The van der Waals surface area contributed by atoms with Gasteiger partial charge in [0.15, 0.2) is 15.7 Å². The van der Waals surface area contributed by atoms with Crippen LogP contribution in [0.25, 0.3) is 0 Å². The van der Waals surface area contributed by atoms with Gasteiger partial charge in [-0.3, -0.25) is 0 Å². The lowest BCUT2D eigenvalue weighted by Crippen LogP contribution is -2.08. The molecule has 0 aliphatic carbocycles. The third-order valence-corrected chi connectivity index (χ3v) is 4.32. The van der Waals surface area contributed by atoms with Crippen molar-refractivity contribution in [3.63, 3.8) is 0 Å². The minimum Gasteiger partial charge on any atom is -0.340 e. The van der Waals surface area contributed by atoms with E-state index < -0.39 is 9.84 Å². The molecule has 1 aromatic carbocycles. The minimum absolute atomic E-state index is 0.187. The van der Waals surface area contributed by atoms with Gasteiger partial charge in [0.1, 0.15) is 5.75 Å². The molecule has 0 fully saturated rings. The van der Waals surface area contributed by atoms with Crippen molar-refractivity contribution in [1.29, 1.82) is 0 Å². The van der Waals surface area contributed by atoms with Crippen molar-refractivity contribution in [2.75, 3.05) is 0 Å². The summed E-state index contributed by atoms with van der Waals surface area (Å²) in [6.07, 6.45) is 0. The first-order valence-corrected chi connectivity index (χ1v) is 7.13. The highest BCUT2D eigenvalue weighted by Crippen LogP contribution is 2.20. The van der Waals surface area contributed by atoms with Gasteiger partial charge in [-0.1, -0.05) is 22.9 Å². The first kappa shape index (κ1) is 12.8. The number of aromatic nitrogens is 2. The van der Waals surface area contributed by atoms with Crippen molar-refractivity contribution in [3.8, 4) is 0 Å².